The summed E-state index contributed by atoms with van der Waals surface area (Å²) in [6, 6.07) is 7.83. The average Bonchev–Trinajstić information content (AvgIpc) is 2.62. The third-order valence-corrected chi connectivity index (χ3v) is 4.57. The molecule has 3 rings (SSSR count). The van der Waals surface area contributed by atoms with Crippen LogP contribution in [0.4, 0.5) is 23.0 Å². The predicted octanol–water partition coefficient (Wildman–Crippen LogP) is 3.93. The Morgan fingerprint density at radius 2 is 2.08 bits per heavy atom. The van der Waals surface area contributed by atoms with Crippen LogP contribution in [0.3, 0.4) is 0 Å². The molecule has 0 aliphatic carbocycles. The van der Waals surface area contributed by atoms with Gasteiger partial charge < -0.3 is 10.2 Å². The van der Waals surface area contributed by atoms with Gasteiger partial charge >= 0.3 is 5.69 Å². The van der Waals surface area contributed by atoms with E-state index >= 15 is 0 Å². The van der Waals surface area contributed by atoms with Gasteiger partial charge in [0.15, 0.2) is 0 Å². The molecule has 1 saturated heterocycles. The van der Waals surface area contributed by atoms with Crippen molar-refractivity contribution in [2.24, 2.45) is 5.92 Å². The third kappa shape index (κ3) is 3.87. The molecular formula is C18H23N5O2. The second-order valence-electron chi connectivity index (χ2n) is 6.52. The highest BCUT2D eigenvalue weighted by molar-refractivity contribution is 5.74. The number of anilines is 3. The van der Waals surface area contributed by atoms with E-state index < -0.39 is 4.92 Å². The summed E-state index contributed by atoms with van der Waals surface area (Å²) in [5.74, 6) is 1.14. The first kappa shape index (κ1) is 17.1. The number of nitrogens with zero attached hydrogens (tertiary/aromatic N) is 4. The topological polar surface area (TPSA) is 84.2 Å². The zero-order valence-corrected chi connectivity index (χ0v) is 14.6. The molecule has 0 saturated carbocycles. The minimum absolute atomic E-state index is 0.0591. The lowest BCUT2D eigenvalue weighted by Crippen LogP contribution is -2.35. The van der Waals surface area contributed by atoms with Crippen molar-refractivity contribution in [3.63, 3.8) is 0 Å². The van der Waals surface area contributed by atoms with E-state index in [0.29, 0.717) is 11.7 Å². The number of hydrogen-bond donors (Lipinski definition) is 1. The number of hydrogen-bond acceptors (Lipinski definition) is 6. The van der Waals surface area contributed by atoms with E-state index in [1.807, 2.05) is 29.2 Å². The number of piperidine rings is 1. The molecule has 1 aromatic heterocycles. The fraction of sp³-hybridized carbons (Fsp3) is 0.444. The summed E-state index contributed by atoms with van der Waals surface area (Å²) in [5, 5.41) is 14.8. The Bertz CT molecular complexity index is 748. The first-order valence-corrected chi connectivity index (χ1v) is 8.68. The maximum Gasteiger partial charge on any atom is 0.353 e. The molecule has 25 heavy (non-hydrogen) atoms. The summed E-state index contributed by atoms with van der Waals surface area (Å²) in [5.41, 5.74) is 1.93. The fourth-order valence-electron chi connectivity index (χ4n) is 3.20. The van der Waals surface area contributed by atoms with Gasteiger partial charge in [0.1, 0.15) is 6.33 Å². The van der Waals surface area contributed by atoms with Crippen LogP contribution in [0.15, 0.2) is 30.6 Å². The van der Waals surface area contributed by atoms with Crippen molar-refractivity contribution in [1.82, 2.24) is 9.97 Å². The standard InChI is InChI=1S/C18H23N5O2/c1-3-14-6-8-15(9-7-14)21-17-16(23(24)25)18(20-12-19-17)22-10-4-5-13(2)11-22/h6-9,12-13H,3-5,10-11H2,1-2H3,(H,19,20,21). The number of nitrogens with one attached hydrogen (secondary N) is 1. The SMILES string of the molecule is CCc1ccc(Nc2ncnc(N3CCCC(C)C3)c2[N+](=O)[O-])cc1. The highest BCUT2D eigenvalue weighted by Gasteiger charge is 2.29. The third-order valence-electron chi connectivity index (χ3n) is 4.57. The monoisotopic (exact) mass is 341 g/mol. The lowest BCUT2D eigenvalue weighted by molar-refractivity contribution is -0.383. The number of benzene rings is 1. The molecule has 1 N–H and O–H groups in total. The molecular weight excluding hydrogens is 318 g/mol. The highest BCUT2D eigenvalue weighted by atomic mass is 16.6. The Morgan fingerprint density at radius 3 is 2.72 bits per heavy atom. The van der Waals surface area contributed by atoms with E-state index in [1.54, 1.807) is 0 Å². The summed E-state index contributed by atoms with van der Waals surface area (Å²) in [7, 11) is 0. The first-order chi connectivity index (χ1) is 12.1. The van der Waals surface area contributed by atoms with Gasteiger partial charge in [-0.05, 0) is 42.9 Å². The second kappa shape index (κ2) is 7.46. The number of aryl methyl sites for hydroxylation is 1. The van der Waals surface area contributed by atoms with E-state index in [9.17, 15) is 10.1 Å². The molecule has 7 nitrogen and oxygen atoms in total. The van der Waals surface area contributed by atoms with Crippen LogP contribution in [0, 0.1) is 16.0 Å². The minimum Gasteiger partial charge on any atom is -0.350 e. The molecule has 1 aliphatic heterocycles. The van der Waals surface area contributed by atoms with Crippen LogP contribution in [0.5, 0.6) is 0 Å². The van der Waals surface area contributed by atoms with Crippen LogP contribution in [-0.4, -0.2) is 28.0 Å². The van der Waals surface area contributed by atoms with Crippen LogP contribution in [0.1, 0.15) is 32.3 Å². The van der Waals surface area contributed by atoms with E-state index in [-0.39, 0.29) is 11.5 Å². The van der Waals surface area contributed by atoms with Crippen molar-refractivity contribution >= 4 is 23.0 Å². The lowest BCUT2D eigenvalue weighted by Gasteiger charge is -2.31. The molecule has 1 unspecified atom stereocenters. The van der Waals surface area contributed by atoms with Gasteiger partial charge in [-0.15, -0.1) is 0 Å². The van der Waals surface area contributed by atoms with Crippen LogP contribution in [-0.2, 0) is 6.42 Å². The Morgan fingerprint density at radius 1 is 1.32 bits per heavy atom. The molecule has 1 aromatic carbocycles. The van der Waals surface area contributed by atoms with Gasteiger partial charge in [0.2, 0.25) is 11.6 Å². The minimum atomic E-state index is -0.392. The van der Waals surface area contributed by atoms with Gasteiger partial charge in [-0.25, -0.2) is 9.97 Å². The smallest absolute Gasteiger partial charge is 0.350 e. The fourth-order valence-corrected chi connectivity index (χ4v) is 3.20. The molecule has 132 valence electrons. The molecule has 0 bridgehead atoms. The van der Waals surface area contributed by atoms with E-state index in [0.717, 1.165) is 38.0 Å². The largest absolute Gasteiger partial charge is 0.353 e. The molecule has 1 fully saturated rings. The van der Waals surface area contributed by atoms with Crippen molar-refractivity contribution in [3.8, 4) is 0 Å². The van der Waals surface area contributed by atoms with E-state index in [1.165, 1.54) is 11.9 Å². The number of aromatic nitrogens is 2. The maximum atomic E-state index is 11.7. The van der Waals surface area contributed by atoms with Gasteiger partial charge in [0.05, 0.1) is 4.92 Å². The van der Waals surface area contributed by atoms with Gasteiger partial charge in [-0.2, -0.15) is 0 Å². The van der Waals surface area contributed by atoms with Crippen LogP contribution in [0.2, 0.25) is 0 Å². The highest BCUT2D eigenvalue weighted by Crippen LogP contribution is 2.35. The Balaban J connectivity index is 1.93. The van der Waals surface area contributed by atoms with Gasteiger partial charge in [0, 0.05) is 18.8 Å². The number of nitro groups is 1. The summed E-state index contributed by atoms with van der Waals surface area (Å²) < 4.78 is 0. The van der Waals surface area contributed by atoms with Crippen molar-refractivity contribution in [2.45, 2.75) is 33.1 Å². The normalized spacial score (nSPS) is 17.4. The van der Waals surface area contributed by atoms with Crippen LogP contribution < -0.4 is 10.2 Å². The molecule has 0 radical (unpaired) electrons. The maximum absolute atomic E-state index is 11.7. The first-order valence-electron chi connectivity index (χ1n) is 8.68. The van der Waals surface area contributed by atoms with E-state index in [4.69, 9.17) is 0 Å². The van der Waals surface area contributed by atoms with E-state index in [2.05, 4.69) is 29.1 Å². The van der Waals surface area contributed by atoms with Crippen molar-refractivity contribution in [3.05, 3.63) is 46.3 Å². The molecule has 0 amide bonds. The Kier molecular flexibility index (Phi) is 5.11. The zero-order chi connectivity index (χ0) is 17.8. The quantitative estimate of drug-likeness (QED) is 0.655. The zero-order valence-electron chi connectivity index (χ0n) is 14.6. The van der Waals surface area contributed by atoms with Crippen LogP contribution >= 0.6 is 0 Å². The molecule has 7 heteroatoms. The van der Waals surface area contributed by atoms with Crippen molar-refractivity contribution in [1.29, 1.82) is 0 Å². The summed E-state index contributed by atoms with van der Waals surface area (Å²) in [6.07, 6.45) is 4.50. The predicted molar refractivity (Wildman–Crippen MR) is 98.4 cm³/mol. The number of rotatable bonds is 5. The van der Waals surface area contributed by atoms with Crippen molar-refractivity contribution < 1.29 is 4.92 Å². The molecule has 2 aromatic rings. The molecule has 1 aliphatic rings. The van der Waals surface area contributed by atoms with Gasteiger partial charge in [-0.1, -0.05) is 26.0 Å². The summed E-state index contributed by atoms with van der Waals surface area (Å²) >= 11 is 0. The molecule has 0 spiro atoms. The Labute approximate surface area is 147 Å². The summed E-state index contributed by atoms with van der Waals surface area (Å²) in [6.45, 7) is 5.81. The second-order valence-corrected chi connectivity index (χ2v) is 6.52. The van der Waals surface area contributed by atoms with Crippen molar-refractivity contribution in [2.75, 3.05) is 23.3 Å². The molecule has 2 heterocycles. The Hall–Kier alpha value is -2.70. The lowest BCUT2D eigenvalue weighted by atomic mass is 10.0. The van der Waals surface area contributed by atoms with Gasteiger partial charge in [0.25, 0.3) is 0 Å². The van der Waals surface area contributed by atoms with Crippen LogP contribution in [0.25, 0.3) is 0 Å². The summed E-state index contributed by atoms with van der Waals surface area (Å²) in [4.78, 5) is 21.7. The average molecular weight is 341 g/mol. The van der Waals surface area contributed by atoms with Gasteiger partial charge in [-0.3, -0.25) is 10.1 Å². The molecule has 1 atom stereocenters.